The van der Waals surface area contributed by atoms with Gasteiger partial charge in [0.2, 0.25) is 0 Å². The van der Waals surface area contributed by atoms with Crippen molar-refractivity contribution < 1.29 is 27.1 Å². The summed E-state index contributed by atoms with van der Waals surface area (Å²) < 4.78 is 53.6. The minimum atomic E-state index is -4.20. The van der Waals surface area contributed by atoms with Crippen LogP contribution in [0.2, 0.25) is 0 Å². The number of rotatable bonds is 6. The Bertz CT molecular complexity index is 418. The first-order chi connectivity index (χ1) is 8.36. The van der Waals surface area contributed by atoms with Crippen molar-refractivity contribution in [1.82, 2.24) is 0 Å². The Labute approximate surface area is 102 Å². The maximum Gasteiger partial charge on any atom is 0.340 e. The Balaban J connectivity index is 2.72. The molecule has 1 rings (SSSR count). The third kappa shape index (κ3) is 3.72. The number of ketones is 1. The molecule has 0 saturated heterocycles. The first-order valence-electron chi connectivity index (χ1n) is 5.29. The van der Waals surface area contributed by atoms with Crippen LogP contribution in [0.5, 0.6) is 5.75 Å². The molecule has 0 aromatic heterocycles. The molecule has 0 amide bonds. The van der Waals surface area contributed by atoms with E-state index < -0.39 is 19.0 Å². The van der Waals surface area contributed by atoms with Gasteiger partial charge in [-0.15, -0.1) is 0 Å². The first kappa shape index (κ1) is 14.5. The summed E-state index contributed by atoms with van der Waals surface area (Å²) in [6.45, 7) is 0.231. The molecule has 6 heteroatoms. The number of carbonyl (C=O) groups excluding carboxylic acids is 1. The van der Waals surface area contributed by atoms with Crippen LogP contribution in [-0.2, 0) is 0 Å². The molecule has 0 aliphatic rings. The lowest BCUT2D eigenvalue weighted by molar-refractivity contribution is -0.148. The highest BCUT2D eigenvalue weighted by molar-refractivity contribution is 5.96. The van der Waals surface area contributed by atoms with Crippen LogP contribution in [0.4, 0.5) is 17.6 Å². The predicted molar refractivity (Wildman–Crippen MR) is 57.5 cm³/mol. The highest BCUT2D eigenvalue weighted by atomic mass is 19.3. The quantitative estimate of drug-likeness (QED) is 0.580. The Morgan fingerprint density at radius 2 is 2.06 bits per heavy atom. The number of Topliss-reactive ketones (excluding diaryl/α,β-unsaturated/α-hetero) is 1. The van der Waals surface area contributed by atoms with Crippen LogP contribution in [0, 0.1) is 0 Å². The molecule has 0 unspecified atom stereocenters. The molecule has 0 radical (unpaired) electrons. The Hall–Kier alpha value is -1.59. The highest BCUT2D eigenvalue weighted by Gasteiger charge is 2.41. The lowest BCUT2D eigenvalue weighted by Gasteiger charge is -2.16. The fourth-order valence-electron chi connectivity index (χ4n) is 1.21. The van der Waals surface area contributed by atoms with Crippen molar-refractivity contribution in [3.63, 3.8) is 0 Å². The molecule has 0 saturated carbocycles. The normalized spacial score (nSPS) is 11.7. The highest BCUT2D eigenvalue weighted by Crippen LogP contribution is 2.24. The smallest absolute Gasteiger partial charge is 0.340 e. The third-order valence-electron chi connectivity index (χ3n) is 2.23. The zero-order chi connectivity index (χ0) is 13.8. The maximum absolute atomic E-state index is 12.6. The first-order valence-corrected chi connectivity index (χ1v) is 5.29. The van der Waals surface area contributed by atoms with Crippen molar-refractivity contribution in [2.45, 2.75) is 25.7 Å². The van der Waals surface area contributed by atoms with Crippen LogP contribution in [-0.4, -0.2) is 24.7 Å². The summed E-state index contributed by atoms with van der Waals surface area (Å²) in [4.78, 5) is 11.4. The van der Waals surface area contributed by atoms with Crippen LogP contribution in [0.1, 0.15) is 23.7 Å². The van der Waals surface area contributed by atoms with Gasteiger partial charge in [-0.1, -0.05) is 19.1 Å². The SMILES string of the molecule is CCC(=O)c1cccc(OCC(F)(F)C(F)F)c1. The number of carbonyl (C=O) groups is 1. The largest absolute Gasteiger partial charge is 0.487 e. The molecule has 1 aromatic rings. The average molecular weight is 264 g/mol. The number of halogens is 4. The molecular weight excluding hydrogens is 252 g/mol. The lowest BCUT2D eigenvalue weighted by Crippen LogP contribution is -2.33. The summed E-state index contributed by atoms with van der Waals surface area (Å²) >= 11 is 0. The molecule has 0 N–H and O–H groups in total. The van der Waals surface area contributed by atoms with Crippen molar-refractivity contribution in [1.29, 1.82) is 0 Å². The van der Waals surface area contributed by atoms with Gasteiger partial charge in [-0.3, -0.25) is 4.79 Å². The molecule has 0 bridgehead atoms. The van der Waals surface area contributed by atoms with Gasteiger partial charge < -0.3 is 4.74 Å². The van der Waals surface area contributed by atoms with E-state index in [1.807, 2.05) is 0 Å². The molecule has 2 nitrogen and oxygen atoms in total. The van der Waals surface area contributed by atoms with Crippen molar-refractivity contribution in [3.8, 4) is 5.75 Å². The topological polar surface area (TPSA) is 26.3 Å². The number of hydrogen-bond donors (Lipinski definition) is 0. The van der Waals surface area contributed by atoms with Crippen molar-refractivity contribution in [2.24, 2.45) is 0 Å². The summed E-state index contributed by atoms with van der Waals surface area (Å²) in [5.41, 5.74) is 0.301. The van der Waals surface area contributed by atoms with Crippen LogP contribution >= 0.6 is 0 Å². The second-order valence-electron chi connectivity index (χ2n) is 3.65. The van der Waals surface area contributed by atoms with E-state index in [9.17, 15) is 22.4 Å². The van der Waals surface area contributed by atoms with Crippen molar-refractivity contribution in [3.05, 3.63) is 29.8 Å². The van der Waals surface area contributed by atoms with E-state index >= 15 is 0 Å². The molecule has 0 fully saturated rings. The predicted octanol–water partition coefficient (Wildman–Crippen LogP) is 3.56. The Morgan fingerprint density at radius 1 is 1.39 bits per heavy atom. The van der Waals surface area contributed by atoms with Gasteiger partial charge in [0.15, 0.2) is 12.4 Å². The number of hydrogen-bond acceptors (Lipinski definition) is 2. The lowest BCUT2D eigenvalue weighted by atomic mass is 10.1. The van der Waals surface area contributed by atoms with E-state index in [0.29, 0.717) is 5.56 Å². The molecule has 100 valence electrons. The standard InChI is InChI=1S/C12H12F4O2/c1-2-10(17)8-4-3-5-9(6-8)18-7-12(15,16)11(13)14/h3-6,11H,2,7H2,1H3. The van der Waals surface area contributed by atoms with Crippen LogP contribution in [0.25, 0.3) is 0 Å². The molecule has 0 heterocycles. The maximum atomic E-state index is 12.6. The monoisotopic (exact) mass is 264 g/mol. The summed E-state index contributed by atoms with van der Waals surface area (Å²) in [7, 11) is 0. The Kier molecular flexibility index (Phi) is 4.69. The van der Waals surface area contributed by atoms with Gasteiger partial charge in [0.25, 0.3) is 0 Å². The molecule has 0 spiro atoms. The van der Waals surface area contributed by atoms with Gasteiger partial charge >= 0.3 is 12.3 Å². The van der Waals surface area contributed by atoms with Gasteiger partial charge in [0.1, 0.15) is 5.75 Å². The number of alkyl halides is 4. The van der Waals surface area contributed by atoms with Gasteiger partial charge in [-0.25, -0.2) is 8.78 Å². The van der Waals surface area contributed by atoms with Gasteiger partial charge in [-0.05, 0) is 12.1 Å². The van der Waals surface area contributed by atoms with E-state index in [0.717, 1.165) is 0 Å². The van der Waals surface area contributed by atoms with E-state index in [4.69, 9.17) is 0 Å². The van der Waals surface area contributed by atoms with Crippen LogP contribution < -0.4 is 4.74 Å². The summed E-state index contributed by atoms with van der Waals surface area (Å²) in [6, 6.07) is 5.53. The fourth-order valence-corrected chi connectivity index (χ4v) is 1.21. The fraction of sp³-hybridized carbons (Fsp3) is 0.417. The van der Waals surface area contributed by atoms with E-state index in [1.165, 1.54) is 24.3 Å². The van der Waals surface area contributed by atoms with Crippen molar-refractivity contribution >= 4 is 5.78 Å². The second kappa shape index (κ2) is 5.84. The molecule has 1 aromatic carbocycles. The molecule has 0 aliphatic carbocycles. The van der Waals surface area contributed by atoms with Crippen LogP contribution in [0.3, 0.4) is 0 Å². The number of benzene rings is 1. The number of ether oxygens (including phenoxy) is 1. The van der Waals surface area contributed by atoms with Gasteiger partial charge in [0.05, 0.1) is 0 Å². The molecule has 0 aliphatic heterocycles. The third-order valence-corrected chi connectivity index (χ3v) is 2.23. The molecule has 0 atom stereocenters. The average Bonchev–Trinajstić information content (AvgIpc) is 2.35. The van der Waals surface area contributed by atoms with E-state index in [1.54, 1.807) is 6.92 Å². The van der Waals surface area contributed by atoms with E-state index in [-0.39, 0.29) is 18.0 Å². The summed E-state index contributed by atoms with van der Waals surface area (Å²) in [6.07, 6.45) is -3.52. The van der Waals surface area contributed by atoms with Crippen molar-refractivity contribution in [2.75, 3.05) is 6.61 Å². The summed E-state index contributed by atoms with van der Waals surface area (Å²) in [5.74, 6) is -4.42. The van der Waals surface area contributed by atoms with Gasteiger partial charge in [0, 0.05) is 12.0 Å². The summed E-state index contributed by atoms with van der Waals surface area (Å²) in [5, 5.41) is 0. The molecular formula is C12H12F4O2. The zero-order valence-corrected chi connectivity index (χ0v) is 9.63. The molecule has 18 heavy (non-hydrogen) atoms. The van der Waals surface area contributed by atoms with Crippen LogP contribution in [0.15, 0.2) is 24.3 Å². The zero-order valence-electron chi connectivity index (χ0n) is 9.63. The van der Waals surface area contributed by atoms with E-state index in [2.05, 4.69) is 4.74 Å². The second-order valence-corrected chi connectivity index (χ2v) is 3.65. The van der Waals surface area contributed by atoms with Gasteiger partial charge in [-0.2, -0.15) is 8.78 Å². The minimum absolute atomic E-state index is 0.0328. The Morgan fingerprint density at radius 3 is 2.61 bits per heavy atom. The minimum Gasteiger partial charge on any atom is -0.487 e.